The van der Waals surface area contributed by atoms with Gasteiger partial charge in [0, 0.05) is 19.0 Å². The zero-order chi connectivity index (χ0) is 13.5. The number of rotatable bonds is 3. The molecule has 0 radical (unpaired) electrons. The lowest BCUT2D eigenvalue weighted by Gasteiger charge is -2.31. The van der Waals surface area contributed by atoms with Gasteiger partial charge in [0.25, 0.3) is 0 Å². The zero-order valence-corrected chi connectivity index (χ0v) is 12.5. The van der Waals surface area contributed by atoms with E-state index in [1.165, 1.54) is 12.8 Å². The number of aryl methyl sites for hydroxylation is 2. The number of hydrogen-bond acceptors (Lipinski definition) is 2. The van der Waals surface area contributed by atoms with Crippen LogP contribution in [0.1, 0.15) is 44.4 Å². The summed E-state index contributed by atoms with van der Waals surface area (Å²) >= 11 is 6.23. The second kappa shape index (κ2) is 4.86. The predicted molar refractivity (Wildman–Crippen MR) is 73.8 cm³/mol. The summed E-state index contributed by atoms with van der Waals surface area (Å²) in [6.45, 7) is 6.46. The average molecular weight is 271 g/mol. The average Bonchev–Trinajstić information content (AvgIpc) is 2.73. The molecule has 0 spiro atoms. The molecule has 1 aromatic rings. The first-order valence-corrected chi connectivity index (χ1v) is 7.07. The summed E-state index contributed by atoms with van der Waals surface area (Å²) < 4.78 is 1.68. The van der Waals surface area contributed by atoms with Gasteiger partial charge in [-0.05, 0) is 31.1 Å². The molecule has 1 aromatic heterocycles. The van der Waals surface area contributed by atoms with Gasteiger partial charge in [-0.25, -0.2) is 0 Å². The van der Waals surface area contributed by atoms with E-state index in [0.29, 0.717) is 17.5 Å². The van der Waals surface area contributed by atoms with Crippen LogP contribution in [0.4, 0.5) is 0 Å². The predicted octanol–water partition coefficient (Wildman–Crippen LogP) is 3.11. The lowest BCUT2D eigenvalue weighted by atomic mass is 9.77. The Morgan fingerprint density at radius 2 is 2.22 bits per heavy atom. The lowest BCUT2D eigenvalue weighted by Crippen LogP contribution is -2.31. The van der Waals surface area contributed by atoms with Crippen molar-refractivity contribution in [2.24, 2.45) is 18.4 Å². The summed E-state index contributed by atoms with van der Waals surface area (Å²) in [7, 11) is 1.84. The third kappa shape index (κ3) is 2.43. The second-order valence-corrected chi connectivity index (χ2v) is 6.60. The molecule has 3 nitrogen and oxygen atoms in total. The van der Waals surface area contributed by atoms with Crippen LogP contribution < -0.4 is 0 Å². The maximum absolute atomic E-state index is 10.5. The van der Waals surface area contributed by atoms with Crippen molar-refractivity contribution in [2.45, 2.75) is 52.6 Å². The fraction of sp³-hybridized carbons (Fsp3) is 0.786. The van der Waals surface area contributed by atoms with Gasteiger partial charge in [-0.3, -0.25) is 4.68 Å². The highest BCUT2D eigenvalue weighted by molar-refractivity contribution is 6.30. The molecule has 1 heterocycles. The van der Waals surface area contributed by atoms with Crippen LogP contribution in [-0.4, -0.2) is 21.0 Å². The van der Waals surface area contributed by atoms with Gasteiger partial charge in [0.05, 0.1) is 11.8 Å². The van der Waals surface area contributed by atoms with Crippen molar-refractivity contribution in [3.8, 4) is 0 Å². The fourth-order valence-electron chi connectivity index (χ4n) is 3.32. The van der Waals surface area contributed by atoms with Crippen molar-refractivity contribution < 1.29 is 5.11 Å². The third-order valence-electron chi connectivity index (χ3n) is 4.49. The summed E-state index contributed by atoms with van der Waals surface area (Å²) in [6, 6.07) is 0. The minimum Gasteiger partial charge on any atom is -0.392 e. The number of hydrogen-bond donors (Lipinski definition) is 1. The molecule has 0 aromatic carbocycles. The molecule has 2 rings (SSSR count). The molecule has 0 amide bonds. The smallest absolute Gasteiger partial charge is 0.130 e. The van der Waals surface area contributed by atoms with Gasteiger partial charge in [-0.1, -0.05) is 31.9 Å². The molecule has 1 N–H and O–H groups in total. The lowest BCUT2D eigenvalue weighted by molar-refractivity contribution is 0.0542. The Hall–Kier alpha value is -0.540. The minimum absolute atomic E-state index is 0.238. The largest absolute Gasteiger partial charge is 0.392 e. The SMILES string of the molecule is Cc1nn(C)c(Cl)c1CC(O)C1CCCC1(C)C. The van der Waals surface area contributed by atoms with Gasteiger partial charge in [-0.2, -0.15) is 5.10 Å². The van der Waals surface area contributed by atoms with Crippen LogP contribution in [0.5, 0.6) is 0 Å². The van der Waals surface area contributed by atoms with Crippen molar-refractivity contribution in [1.29, 1.82) is 0 Å². The highest BCUT2D eigenvalue weighted by atomic mass is 35.5. The van der Waals surface area contributed by atoms with Gasteiger partial charge in [-0.15, -0.1) is 0 Å². The molecular formula is C14H23ClN2O. The summed E-state index contributed by atoms with van der Waals surface area (Å²) in [6.07, 6.45) is 3.84. The number of aliphatic hydroxyl groups is 1. The monoisotopic (exact) mass is 270 g/mol. The van der Waals surface area contributed by atoms with E-state index in [2.05, 4.69) is 18.9 Å². The summed E-state index contributed by atoms with van der Waals surface area (Å²) in [4.78, 5) is 0. The Labute approximate surface area is 114 Å². The van der Waals surface area contributed by atoms with Crippen molar-refractivity contribution in [3.05, 3.63) is 16.4 Å². The molecule has 18 heavy (non-hydrogen) atoms. The molecule has 1 aliphatic rings. The Balaban J connectivity index is 2.14. The van der Waals surface area contributed by atoms with E-state index in [-0.39, 0.29) is 11.5 Å². The van der Waals surface area contributed by atoms with Crippen LogP contribution in [0.25, 0.3) is 0 Å². The Morgan fingerprint density at radius 1 is 1.56 bits per heavy atom. The van der Waals surface area contributed by atoms with Crippen LogP contribution in [0, 0.1) is 18.3 Å². The first-order chi connectivity index (χ1) is 8.33. The molecule has 1 saturated carbocycles. The van der Waals surface area contributed by atoms with Gasteiger partial charge < -0.3 is 5.11 Å². The standard InChI is InChI=1S/C14H23ClN2O/c1-9-10(13(15)17(4)16-9)8-12(18)11-6-5-7-14(11,2)3/h11-12,18H,5-8H2,1-4H3. The Bertz CT molecular complexity index is 439. The van der Waals surface area contributed by atoms with Gasteiger partial charge in [0.2, 0.25) is 0 Å². The van der Waals surface area contributed by atoms with E-state index >= 15 is 0 Å². The van der Waals surface area contributed by atoms with Gasteiger partial charge >= 0.3 is 0 Å². The normalized spacial score (nSPS) is 24.4. The molecule has 0 bridgehead atoms. The van der Waals surface area contributed by atoms with Crippen LogP contribution in [0.15, 0.2) is 0 Å². The maximum Gasteiger partial charge on any atom is 0.130 e. The fourth-order valence-corrected chi connectivity index (χ4v) is 3.58. The maximum atomic E-state index is 10.5. The first-order valence-electron chi connectivity index (χ1n) is 6.69. The third-order valence-corrected chi connectivity index (χ3v) is 4.96. The molecular weight excluding hydrogens is 248 g/mol. The molecule has 1 fully saturated rings. The number of aromatic nitrogens is 2. The van der Waals surface area contributed by atoms with E-state index in [1.807, 2.05) is 14.0 Å². The van der Waals surface area contributed by atoms with Gasteiger partial charge in [0.15, 0.2) is 0 Å². The molecule has 4 heteroatoms. The topological polar surface area (TPSA) is 38.0 Å². The van der Waals surface area contributed by atoms with Crippen molar-refractivity contribution in [1.82, 2.24) is 9.78 Å². The van der Waals surface area contributed by atoms with E-state index < -0.39 is 0 Å². The highest BCUT2D eigenvalue weighted by Gasteiger charge is 2.39. The number of nitrogens with zero attached hydrogens (tertiary/aromatic N) is 2. The van der Waals surface area contributed by atoms with Crippen molar-refractivity contribution in [2.75, 3.05) is 0 Å². The quantitative estimate of drug-likeness (QED) is 0.916. The Kier molecular flexibility index (Phi) is 3.75. The van der Waals surface area contributed by atoms with Crippen LogP contribution in [-0.2, 0) is 13.5 Å². The number of halogens is 1. The summed E-state index contributed by atoms with van der Waals surface area (Å²) in [5.74, 6) is 0.369. The molecule has 2 unspecified atom stereocenters. The summed E-state index contributed by atoms with van der Waals surface area (Å²) in [5.41, 5.74) is 2.16. The molecule has 1 aliphatic carbocycles. The highest BCUT2D eigenvalue weighted by Crippen LogP contribution is 2.45. The molecule has 102 valence electrons. The van der Waals surface area contributed by atoms with E-state index in [9.17, 15) is 5.11 Å². The molecule has 2 atom stereocenters. The zero-order valence-electron chi connectivity index (χ0n) is 11.7. The molecule has 0 aliphatic heterocycles. The summed E-state index contributed by atoms with van der Waals surface area (Å²) in [5, 5.41) is 15.5. The number of aliphatic hydroxyl groups excluding tert-OH is 1. The van der Waals surface area contributed by atoms with E-state index in [1.54, 1.807) is 4.68 Å². The minimum atomic E-state index is -0.317. The van der Waals surface area contributed by atoms with Crippen LogP contribution in [0.3, 0.4) is 0 Å². The van der Waals surface area contributed by atoms with E-state index in [4.69, 9.17) is 11.6 Å². The van der Waals surface area contributed by atoms with Crippen molar-refractivity contribution >= 4 is 11.6 Å². The molecule has 0 saturated heterocycles. The van der Waals surface area contributed by atoms with E-state index in [0.717, 1.165) is 17.7 Å². The second-order valence-electron chi connectivity index (χ2n) is 6.24. The first kappa shape index (κ1) is 13.9. The van der Waals surface area contributed by atoms with Crippen molar-refractivity contribution in [3.63, 3.8) is 0 Å². The van der Waals surface area contributed by atoms with Crippen LogP contribution >= 0.6 is 11.6 Å². The van der Waals surface area contributed by atoms with Gasteiger partial charge in [0.1, 0.15) is 5.15 Å². The Morgan fingerprint density at radius 3 is 2.67 bits per heavy atom. The van der Waals surface area contributed by atoms with Crippen LogP contribution in [0.2, 0.25) is 5.15 Å².